The van der Waals surface area contributed by atoms with Crippen LogP contribution in [0.5, 0.6) is 11.5 Å². The molecule has 9 nitrogen and oxygen atoms in total. The van der Waals surface area contributed by atoms with Crippen molar-refractivity contribution in [1.82, 2.24) is 0 Å². The Kier molecular flexibility index (Phi) is 3.81. The summed E-state index contributed by atoms with van der Waals surface area (Å²) < 4.78 is 4.30. The first-order valence-corrected chi connectivity index (χ1v) is 5.02. The summed E-state index contributed by atoms with van der Waals surface area (Å²) >= 11 is 2.74. The molecule has 0 bridgehead atoms. The molecular weight excluding hydrogens is 316 g/mol. The third kappa shape index (κ3) is 1.97. The summed E-state index contributed by atoms with van der Waals surface area (Å²) in [7, 11) is 1.06. The van der Waals surface area contributed by atoms with Crippen molar-refractivity contribution < 1.29 is 24.5 Å². The summed E-state index contributed by atoms with van der Waals surface area (Å²) in [4.78, 5) is 30.3. The number of nitro groups is 2. The maximum absolute atomic E-state index is 10.8. The highest BCUT2D eigenvalue weighted by atomic mass is 79.9. The predicted molar refractivity (Wildman–Crippen MR) is 61.1 cm³/mol. The average molecular weight is 321 g/mol. The van der Waals surface area contributed by atoms with Gasteiger partial charge in [0.25, 0.3) is 0 Å². The number of phenols is 1. The summed E-state index contributed by atoms with van der Waals surface area (Å²) in [6.45, 7) is 0. The van der Waals surface area contributed by atoms with Crippen LogP contribution in [-0.2, 0) is 0 Å². The van der Waals surface area contributed by atoms with Gasteiger partial charge in [-0.3, -0.25) is 25.0 Å². The molecule has 0 aromatic heterocycles. The standard InChI is InChI=1S/C8H5BrN2O7/c1-18-8-4(9)7(13)5(10(14)15)3(2-12)6(8)11(16)17/h2,13H,1H3. The number of phenolic OH excluding ortho intramolecular Hbond substituents is 1. The van der Waals surface area contributed by atoms with Crippen LogP contribution in [0, 0.1) is 20.2 Å². The van der Waals surface area contributed by atoms with Gasteiger partial charge in [-0.25, -0.2) is 0 Å². The van der Waals surface area contributed by atoms with Gasteiger partial charge in [0.2, 0.25) is 11.5 Å². The Labute approximate surface area is 107 Å². The van der Waals surface area contributed by atoms with Gasteiger partial charge in [0.05, 0.1) is 17.0 Å². The van der Waals surface area contributed by atoms with E-state index in [4.69, 9.17) is 0 Å². The zero-order chi connectivity index (χ0) is 14.0. The SMILES string of the molecule is COc1c(Br)c(O)c([N+](=O)[O-])c(C=O)c1[N+](=O)[O-]. The van der Waals surface area contributed by atoms with E-state index in [-0.39, 0.29) is 10.8 Å². The fourth-order valence-electron chi connectivity index (χ4n) is 1.34. The lowest BCUT2D eigenvalue weighted by Gasteiger charge is -2.08. The molecule has 0 radical (unpaired) electrons. The van der Waals surface area contributed by atoms with Gasteiger partial charge in [0, 0.05) is 0 Å². The number of aromatic hydroxyl groups is 1. The van der Waals surface area contributed by atoms with E-state index in [9.17, 15) is 30.1 Å². The molecule has 1 N–H and O–H groups in total. The van der Waals surface area contributed by atoms with Crippen molar-refractivity contribution in [3.05, 3.63) is 30.3 Å². The van der Waals surface area contributed by atoms with Crippen LogP contribution >= 0.6 is 15.9 Å². The van der Waals surface area contributed by atoms with Crippen LogP contribution < -0.4 is 4.74 Å². The Balaban J connectivity index is 3.94. The fourth-order valence-corrected chi connectivity index (χ4v) is 1.88. The van der Waals surface area contributed by atoms with Gasteiger partial charge in [-0.05, 0) is 15.9 Å². The van der Waals surface area contributed by atoms with Gasteiger partial charge >= 0.3 is 11.4 Å². The Bertz CT molecular complexity index is 557. The first-order valence-electron chi connectivity index (χ1n) is 4.23. The van der Waals surface area contributed by atoms with Crippen molar-refractivity contribution in [2.24, 2.45) is 0 Å². The molecule has 0 spiro atoms. The summed E-state index contributed by atoms with van der Waals surface area (Å²) in [6, 6.07) is 0. The van der Waals surface area contributed by atoms with Gasteiger partial charge in [-0.2, -0.15) is 0 Å². The summed E-state index contributed by atoms with van der Waals surface area (Å²) in [5, 5.41) is 31.1. The summed E-state index contributed by atoms with van der Waals surface area (Å²) in [5.41, 5.74) is -2.80. The molecular formula is C8H5BrN2O7. The Morgan fingerprint density at radius 2 is 1.78 bits per heavy atom. The molecule has 0 heterocycles. The number of rotatable bonds is 4. The second kappa shape index (κ2) is 4.96. The number of carbonyl (C=O) groups is 1. The van der Waals surface area contributed by atoms with Crippen LogP contribution in [0.15, 0.2) is 4.47 Å². The molecule has 1 aromatic carbocycles. The highest BCUT2D eigenvalue weighted by Crippen LogP contribution is 2.49. The second-order valence-corrected chi connectivity index (χ2v) is 3.73. The van der Waals surface area contributed by atoms with E-state index in [0.717, 1.165) is 7.11 Å². The molecule has 0 aliphatic heterocycles. The highest BCUT2D eigenvalue weighted by molar-refractivity contribution is 9.10. The van der Waals surface area contributed by atoms with E-state index in [1.165, 1.54) is 0 Å². The molecule has 0 atom stereocenters. The second-order valence-electron chi connectivity index (χ2n) is 2.94. The van der Waals surface area contributed by atoms with E-state index in [2.05, 4.69) is 20.7 Å². The number of methoxy groups -OCH3 is 1. The van der Waals surface area contributed by atoms with Crippen LogP contribution in [0.1, 0.15) is 10.4 Å². The Morgan fingerprint density at radius 1 is 1.28 bits per heavy atom. The number of hydrogen-bond donors (Lipinski definition) is 1. The Morgan fingerprint density at radius 3 is 2.11 bits per heavy atom. The number of ether oxygens (including phenoxy) is 1. The smallest absolute Gasteiger partial charge is 0.329 e. The Hall–Kier alpha value is -2.23. The topological polar surface area (TPSA) is 133 Å². The number of nitro benzene ring substituents is 2. The van der Waals surface area contributed by atoms with Gasteiger partial charge in [0.1, 0.15) is 4.47 Å². The molecule has 0 saturated heterocycles. The molecule has 1 aromatic rings. The molecule has 0 aliphatic carbocycles. The summed E-state index contributed by atoms with van der Waals surface area (Å²) in [5.74, 6) is -1.38. The minimum atomic E-state index is -1.09. The van der Waals surface area contributed by atoms with Crippen molar-refractivity contribution in [1.29, 1.82) is 0 Å². The van der Waals surface area contributed by atoms with E-state index < -0.39 is 38.3 Å². The normalized spacial score (nSPS) is 9.89. The number of carbonyl (C=O) groups excluding carboxylic acids is 1. The fraction of sp³-hybridized carbons (Fsp3) is 0.125. The predicted octanol–water partition coefficient (Wildman–Crippen LogP) is 1.79. The molecule has 18 heavy (non-hydrogen) atoms. The van der Waals surface area contributed by atoms with Gasteiger partial charge < -0.3 is 9.84 Å². The molecule has 0 amide bonds. The number of halogens is 1. The maximum atomic E-state index is 10.8. The zero-order valence-electron chi connectivity index (χ0n) is 8.75. The van der Waals surface area contributed by atoms with Crippen LogP contribution in [0.3, 0.4) is 0 Å². The van der Waals surface area contributed by atoms with Crippen molar-refractivity contribution in [2.75, 3.05) is 7.11 Å². The third-order valence-corrected chi connectivity index (χ3v) is 2.78. The molecule has 0 fully saturated rings. The molecule has 96 valence electrons. The van der Waals surface area contributed by atoms with E-state index >= 15 is 0 Å². The maximum Gasteiger partial charge on any atom is 0.329 e. The first-order chi connectivity index (χ1) is 8.36. The molecule has 0 saturated carbocycles. The third-order valence-electron chi connectivity index (χ3n) is 2.04. The average Bonchev–Trinajstić information content (AvgIpc) is 2.30. The highest BCUT2D eigenvalue weighted by Gasteiger charge is 2.37. The molecule has 10 heteroatoms. The number of hydrogen-bond acceptors (Lipinski definition) is 7. The first kappa shape index (κ1) is 13.8. The largest absolute Gasteiger partial charge is 0.501 e. The lowest BCUT2D eigenvalue weighted by Crippen LogP contribution is -2.04. The van der Waals surface area contributed by atoms with Gasteiger partial charge in [-0.15, -0.1) is 0 Å². The van der Waals surface area contributed by atoms with Crippen LogP contribution in [0.25, 0.3) is 0 Å². The van der Waals surface area contributed by atoms with Crippen LogP contribution in [0.4, 0.5) is 11.4 Å². The number of nitrogens with zero attached hydrogens (tertiary/aromatic N) is 2. The van der Waals surface area contributed by atoms with Crippen molar-refractivity contribution in [3.63, 3.8) is 0 Å². The zero-order valence-corrected chi connectivity index (χ0v) is 10.3. The lowest BCUT2D eigenvalue weighted by molar-refractivity contribution is -0.395. The van der Waals surface area contributed by atoms with E-state index in [1.807, 2.05) is 0 Å². The monoisotopic (exact) mass is 320 g/mol. The minimum Gasteiger partial charge on any atom is -0.501 e. The molecule has 0 aliphatic rings. The minimum absolute atomic E-state index is 0.0784. The molecule has 0 unspecified atom stereocenters. The van der Waals surface area contributed by atoms with Crippen LogP contribution in [-0.4, -0.2) is 28.3 Å². The number of benzene rings is 1. The molecule has 1 rings (SSSR count). The quantitative estimate of drug-likeness (QED) is 0.507. The van der Waals surface area contributed by atoms with Crippen molar-refractivity contribution in [2.45, 2.75) is 0 Å². The van der Waals surface area contributed by atoms with Crippen molar-refractivity contribution >= 4 is 33.6 Å². The van der Waals surface area contributed by atoms with Crippen LogP contribution in [0.2, 0.25) is 0 Å². The number of aldehydes is 1. The van der Waals surface area contributed by atoms with E-state index in [0.29, 0.717) is 0 Å². The van der Waals surface area contributed by atoms with Crippen molar-refractivity contribution in [3.8, 4) is 11.5 Å². The van der Waals surface area contributed by atoms with E-state index in [1.54, 1.807) is 0 Å². The van der Waals surface area contributed by atoms with Gasteiger partial charge in [-0.1, -0.05) is 0 Å². The van der Waals surface area contributed by atoms with Gasteiger partial charge in [0.15, 0.2) is 11.8 Å². The summed E-state index contributed by atoms with van der Waals surface area (Å²) in [6.07, 6.45) is -0.0784. The lowest BCUT2D eigenvalue weighted by atomic mass is 10.1.